The van der Waals surface area contributed by atoms with Crippen molar-refractivity contribution in [3.8, 4) is 33.6 Å². The van der Waals surface area contributed by atoms with Gasteiger partial charge < -0.3 is 30.2 Å². The molecule has 286 valence electrons. The van der Waals surface area contributed by atoms with Crippen LogP contribution < -0.4 is 10.6 Å². The molecule has 12 heteroatoms. The van der Waals surface area contributed by atoms with Crippen molar-refractivity contribution in [1.82, 2.24) is 40.5 Å². The first-order valence-corrected chi connectivity index (χ1v) is 19.3. The molecule has 4 heterocycles. The van der Waals surface area contributed by atoms with Crippen LogP contribution in [0.15, 0.2) is 79.4 Å². The van der Waals surface area contributed by atoms with E-state index in [-0.39, 0.29) is 35.6 Å². The van der Waals surface area contributed by atoms with Gasteiger partial charge in [-0.2, -0.15) is 0 Å². The van der Waals surface area contributed by atoms with Crippen LogP contribution in [0, 0.1) is 18.8 Å². The third-order valence-corrected chi connectivity index (χ3v) is 11.0. The molecule has 2 aliphatic rings. The number of aromatic nitrogens is 5. The molecule has 0 bridgehead atoms. The quantitative estimate of drug-likeness (QED) is 0.109. The van der Waals surface area contributed by atoms with Crippen molar-refractivity contribution in [1.29, 1.82) is 0 Å². The number of rotatable bonds is 11. The van der Waals surface area contributed by atoms with Gasteiger partial charge >= 0.3 is 6.09 Å². The molecule has 55 heavy (non-hydrogen) atoms. The number of hydrogen-bond acceptors (Lipinski definition) is 7. The van der Waals surface area contributed by atoms with E-state index in [0.717, 1.165) is 94.9 Å². The summed E-state index contributed by atoms with van der Waals surface area (Å²) in [5.41, 5.74) is 8.10. The van der Waals surface area contributed by atoms with Crippen molar-refractivity contribution in [2.45, 2.75) is 83.8 Å². The number of methoxy groups -OCH3 is 1. The number of hydrogen-bond donors (Lipinski definition) is 4. The molecule has 1 saturated carbocycles. The maximum atomic E-state index is 13.5. The largest absolute Gasteiger partial charge is 0.453 e. The molecule has 1 aliphatic carbocycles. The van der Waals surface area contributed by atoms with E-state index in [2.05, 4.69) is 85.2 Å². The van der Waals surface area contributed by atoms with Crippen molar-refractivity contribution < 1.29 is 19.1 Å². The molecule has 3 amide bonds. The number of H-pyrrole nitrogens is 2. The minimum atomic E-state index is -0.677. The summed E-state index contributed by atoms with van der Waals surface area (Å²) in [6.45, 7) is 6.90. The van der Waals surface area contributed by atoms with Crippen molar-refractivity contribution in [2.75, 3.05) is 13.7 Å². The zero-order valence-corrected chi connectivity index (χ0v) is 32.0. The number of imidazole rings is 2. The van der Waals surface area contributed by atoms with Crippen LogP contribution in [0.3, 0.4) is 0 Å². The highest BCUT2D eigenvalue weighted by Gasteiger charge is 2.38. The molecule has 2 fully saturated rings. The first-order valence-electron chi connectivity index (χ1n) is 19.3. The molecule has 2 aromatic carbocycles. The number of carbonyl (C=O) groups is 3. The van der Waals surface area contributed by atoms with Crippen molar-refractivity contribution in [3.63, 3.8) is 0 Å². The summed E-state index contributed by atoms with van der Waals surface area (Å²) >= 11 is 0. The predicted molar refractivity (Wildman–Crippen MR) is 210 cm³/mol. The van der Waals surface area contributed by atoms with Crippen LogP contribution in [0.4, 0.5) is 4.79 Å². The zero-order chi connectivity index (χ0) is 38.5. The third-order valence-electron chi connectivity index (χ3n) is 11.0. The highest BCUT2D eigenvalue weighted by molar-refractivity contribution is 5.86. The number of ether oxygens (including phenoxy) is 1. The van der Waals surface area contributed by atoms with E-state index < -0.39 is 12.1 Å². The summed E-state index contributed by atoms with van der Waals surface area (Å²) in [6, 6.07) is 17.9. The average molecular weight is 743 g/mol. The number of nitrogens with one attached hydrogen (secondary N) is 4. The van der Waals surface area contributed by atoms with E-state index in [1.54, 1.807) is 6.20 Å². The fraction of sp³-hybridized carbons (Fsp3) is 0.395. The van der Waals surface area contributed by atoms with E-state index in [9.17, 15) is 14.4 Å². The molecule has 1 saturated heterocycles. The summed E-state index contributed by atoms with van der Waals surface area (Å²) in [5, 5.41) is 5.85. The summed E-state index contributed by atoms with van der Waals surface area (Å²) in [6.07, 6.45) is 12.3. The van der Waals surface area contributed by atoms with E-state index >= 15 is 0 Å². The number of likely N-dealkylation sites (tertiary alicyclic amines) is 1. The predicted octanol–water partition coefficient (Wildman–Crippen LogP) is 7.47. The molecule has 4 N–H and O–H groups in total. The Morgan fingerprint density at radius 2 is 1.44 bits per heavy atom. The third kappa shape index (κ3) is 8.48. The Kier molecular flexibility index (Phi) is 11.4. The lowest BCUT2D eigenvalue weighted by molar-refractivity contribution is -0.135. The Morgan fingerprint density at radius 1 is 0.818 bits per heavy atom. The van der Waals surface area contributed by atoms with Gasteiger partial charge in [-0.25, -0.2) is 14.8 Å². The van der Waals surface area contributed by atoms with Gasteiger partial charge in [0.05, 0.1) is 36.9 Å². The minimum Gasteiger partial charge on any atom is -0.453 e. The minimum absolute atomic E-state index is 0.0500. The van der Waals surface area contributed by atoms with Gasteiger partial charge in [-0.1, -0.05) is 81.3 Å². The van der Waals surface area contributed by atoms with E-state index in [1.807, 2.05) is 44.3 Å². The van der Waals surface area contributed by atoms with Crippen LogP contribution in [-0.4, -0.2) is 67.4 Å². The number of alkyl carbamates (subject to hydrolysis) is 1. The highest BCUT2D eigenvalue weighted by Crippen LogP contribution is 2.38. The van der Waals surface area contributed by atoms with Crippen LogP contribution >= 0.6 is 0 Å². The number of carbonyl (C=O) groups excluding carboxylic acids is 3. The molecule has 3 aromatic heterocycles. The number of nitrogens with zero attached hydrogens (tertiary/aromatic N) is 4. The van der Waals surface area contributed by atoms with Gasteiger partial charge in [0.25, 0.3) is 0 Å². The van der Waals surface area contributed by atoms with Crippen LogP contribution in [-0.2, 0) is 20.9 Å². The summed E-state index contributed by atoms with van der Waals surface area (Å²) in [7, 11) is 1.30. The monoisotopic (exact) mass is 742 g/mol. The number of aryl methyl sites for hydroxylation is 1. The molecule has 12 nitrogen and oxygen atoms in total. The van der Waals surface area contributed by atoms with Gasteiger partial charge in [0.2, 0.25) is 11.8 Å². The average Bonchev–Trinajstić information content (AvgIpc) is 4.01. The van der Waals surface area contributed by atoms with Crippen molar-refractivity contribution in [3.05, 3.63) is 102 Å². The molecule has 4 atom stereocenters. The van der Waals surface area contributed by atoms with Crippen LogP contribution in [0.2, 0.25) is 0 Å². The molecule has 1 aliphatic heterocycles. The molecule has 0 radical (unpaired) electrons. The van der Waals surface area contributed by atoms with Gasteiger partial charge in [0.1, 0.15) is 17.7 Å². The van der Waals surface area contributed by atoms with Crippen LogP contribution in [0.25, 0.3) is 33.6 Å². The Balaban J connectivity index is 0.986. The fourth-order valence-electron chi connectivity index (χ4n) is 8.01. The summed E-state index contributed by atoms with van der Waals surface area (Å²) in [4.78, 5) is 61.3. The fourth-order valence-corrected chi connectivity index (χ4v) is 8.01. The first-order chi connectivity index (χ1) is 26.7. The van der Waals surface area contributed by atoms with Gasteiger partial charge in [0, 0.05) is 37.3 Å². The second kappa shape index (κ2) is 16.7. The van der Waals surface area contributed by atoms with Gasteiger partial charge in [-0.15, -0.1) is 0 Å². The van der Waals surface area contributed by atoms with Crippen LogP contribution in [0.1, 0.15) is 87.1 Å². The van der Waals surface area contributed by atoms with Crippen molar-refractivity contribution in [2.24, 2.45) is 11.8 Å². The second-order valence-corrected chi connectivity index (χ2v) is 15.2. The SMILES string of the molecule is COC(=O)N[C@H](C(=O)N1CCC[C@H]1c1ncc(-c2ccc(-c3ccc(-c4cnc(C5CCCC[C@@H]5C(=O)NCc5cncc(C)c5)[nH]4)cc3)cc2)[nH]1)C(C)C. The number of benzene rings is 2. The lowest BCUT2D eigenvalue weighted by Crippen LogP contribution is -2.51. The van der Waals surface area contributed by atoms with E-state index in [4.69, 9.17) is 9.72 Å². The van der Waals surface area contributed by atoms with Crippen LogP contribution in [0.5, 0.6) is 0 Å². The molecular formula is C43H50N8O4. The highest BCUT2D eigenvalue weighted by atomic mass is 16.5. The molecule has 1 unspecified atom stereocenters. The Hall–Kier alpha value is -5.78. The molecule has 5 aromatic rings. The maximum Gasteiger partial charge on any atom is 0.407 e. The molecule has 7 rings (SSSR count). The smallest absolute Gasteiger partial charge is 0.407 e. The molecular weight excluding hydrogens is 693 g/mol. The topological polar surface area (TPSA) is 158 Å². The van der Waals surface area contributed by atoms with Crippen molar-refractivity contribution >= 4 is 17.9 Å². The second-order valence-electron chi connectivity index (χ2n) is 15.2. The van der Waals surface area contributed by atoms with E-state index in [1.165, 1.54) is 7.11 Å². The maximum absolute atomic E-state index is 13.5. The van der Waals surface area contributed by atoms with Gasteiger partial charge in [-0.3, -0.25) is 14.6 Å². The molecule has 0 spiro atoms. The standard InChI is InChI=1S/C43H50N8O4/c1-26(2)38(50-43(54)55-4)42(53)51-19-7-10-37(51)40-46-25-36(49-40)32-17-13-30(14-18-32)29-11-15-31(16-12-29)35-24-45-39(48-35)33-8-5-6-9-34(33)41(52)47-23-28-20-27(3)21-44-22-28/h11-18,20-22,24-26,33-34,37-38H,5-10,19,23H2,1-4H3,(H,45,48)(H,46,49)(H,47,52)(H,50,54)/t33?,34-,37-,38-/m0/s1. The number of pyridine rings is 1. The number of aromatic amines is 2. The van der Waals surface area contributed by atoms with Gasteiger partial charge in [0.15, 0.2) is 0 Å². The summed E-state index contributed by atoms with van der Waals surface area (Å²) in [5.74, 6) is 1.39. The first kappa shape index (κ1) is 37.5. The van der Waals surface area contributed by atoms with E-state index in [0.29, 0.717) is 13.1 Å². The lowest BCUT2D eigenvalue weighted by Gasteiger charge is -2.30. The Labute approximate surface area is 321 Å². The summed E-state index contributed by atoms with van der Waals surface area (Å²) < 4.78 is 4.76. The Morgan fingerprint density at radius 3 is 2.07 bits per heavy atom. The lowest BCUT2D eigenvalue weighted by atomic mass is 9.78. The van der Waals surface area contributed by atoms with Gasteiger partial charge in [-0.05, 0) is 71.9 Å². The normalized spacial score (nSPS) is 18.9. The Bertz CT molecular complexity index is 2110. The zero-order valence-electron chi connectivity index (χ0n) is 32.0. The number of amides is 3.